The van der Waals surface area contributed by atoms with Crippen LogP contribution in [-0.4, -0.2) is 19.3 Å². The summed E-state index contributed by atoms with van der Waals surface area (Å²) in [5, 5.41) is 11.8. The Bertz CT molecular complexity index is 466. The zero-order chi connectivity index (χ0) is 14.5. The molecule has 0 radical (unpaired) electrons. The number of benzene rings is 1. The van der Waals surface area contributed by atoms with Crippen LogP contribution in [0.3, 0.4) is 0 Å². The van der Waals surface area contributed by atoms with E-state index >= 15 is 0 Å². The Morgan fingerprint density at radius 2 is 2.11 bits per heavy atom. The first-order valence-corrected chi connectivity index (χ1v) is 5.84. The molecule has 0 saturated carbocycles. The van der Waals surface area contributed by atoms with Crippen LogP contribution in [0.15, 0.2) is 18.2 Å². The van der Waals surface area contributed by atoms with Gasteiger partial charge < -0.3 is 10.1 Å². The lowest BCUT2D eigenvalue weighted by molar-refractivity contribution is -0.137. The van der Waals surface area contributed by atoms with Gasteiger partial charge in [-0.2, -0.15) is 18.4 Å². The summed E-state index contributed by atoms with van der Waals surface area (Å²) in [6.07, 6.45) is -4.51. The van der Waals surface area contributed by atoms with Crippen LogP contribution in [0.2, 0.25) is 0 Å². The minimum absolute atomic E-state index is 0.0526. The third-order valence-electron chi connectivity index (χ3n) is 2.43. The molecule has 0 saturated heterocycles. The minimum Gasteiger partial charge on any atom is -0.380 e. The fraction of sp³-hybridized carbons (Fsp3) is 0.462. The maximum atomic E-state index is 12.6. The summed E-state index contributed by atoms with van der Waals surface area (Å²) in [6, 6.07) is 4.94. The molecule has 0 heterocycles. The number of alkyl halides is 3. The van der Waals surface area contributed by atoms with Crippen LogP contribution in [0.25, 0.3) is 0 Å². The van der Waals surface area contributed by atoms with E-state index in [1.54, 1.807) is 6.07 Å². The number of ether oxygens (including phenoxy) is 1. The zero-order valence-electron chi connectivity index (χ0n) is 10.7. The maximum Gasteiger partial charge on any atom is 0.417 e. The molecule has 0 aliphatic carbocycles. The number of nitrogens with zero attached hydrogens (tertiary/aromatic N) is 1. The van der Waals surface area contributed by atoms with Crippen molar-refractivity contribution in [2.24, 2.45) is 0 Å². The number of rotatable bonds is 5. The van der Waals surface area contributed by atoms with Crippen molar-refractivity contribution in [3.8, 4) is 6.07 Å². The second kappa shape index (κ2) is 6.43. The van der Waals surface area contributed by atoms with Crippen LogP contribution in [-0.2, 0) is 10.9 Å². The largest absolute Gasteiger partial charge is 0.417 e. The normalized spacial score (nSPS) is 12.8. The van der Waals surface area contributed by atoms with Crippen molar-refractivity contribution in [3.05, 3.63) is 29.3 Å². The summed E-state index contributed by atoms with van der Waals surface area (Å²) in [4.78, 5) is 0. The van der Waals surface area contributed by atoms with Gasteiger partial charge in [-0.15, -0.1) is 0 Å². The molecule has 1 rings (SSSR count). The van der Waals surface area contributed by atoms with Crippen molar-refractivity contribution in [3.63, 3.8) is 0 Å². The highest BCUT2D eigenvalue weighted by molar-refractivity contribution is 5.54. The second-order valence-electron chi connectivity index (χ2n) is 4.07. The van der Waals surface area contributed by atoms with E-state index < -0.39 is 11.7 Å². The molecular formula is C13H15F3N2O. The van der Waals surface area contributed by atoms with Gasteiger partial charge in [0.1, 0.15) is 0 Å². The fourth-order valence-electron chi connectivity index (χ4n) is 1.59. The van der Waals surface area contributed by atoms with E-state index in [1.165, 1.54) is 12.1 Å². The van der Waals surface area contributed by atoms with Gasteiger partial charge in [0.05, 0.1) is 23.8 Å². The third kappa shape index (κ3) is 4.45. The first-order chi connectivity index (χ1) is 8.88. The number of nitrogens with one attached hydrogen (secondary N) is 1. The van der Waals surface area contributed by atoms with Gasteiger partial charge in [0, 0.05) is 18.3 Å². The summed E-state index contributed by atoms with van der Waals surface area (Å²) < 4.78 is 43.0. The topological polar surface area (TPSA) is 45.0 Å². The van der Waals surface area contributed by atoms with E-state index in [0.29, 0.717) is 18.9 Å². The average molecular weight is 272 g/mol. The van der Waals surface area contributed by atoms with Crippen molar-refractivity contribution >= 4 is 5.69 Å². The number of nitriles is 1. The lowest BCUT2D eigenvalue weighted by Gasteiger charge is -2.16. The molecule has 6 heteroatoms. The van der Waals surface area contributed by atoms with E-state index in [4.69, 9.17) is 10.00 Å². The summed E-state index contributed by atoms with van der Waals surface area (Å²) in [7, 11) is 0. The molecule has 0 aliphatic rings. The van der Waals surface area contributed by atoms with Crippen LogP contribution in [0.5, 0.6) is 0 Å². The number of halogens is 3. The molecule has 19 heavy (non-hydrogen) atoms. The monoisotopic (exact) mass is 272 g/mol. The Morgan fingerprint density at radius 3 is 2.63 bits per heavy atom. The van der Waals surface area contributed by atoms with Gasteiger partial charge in [-0.05, 0) is 32.0 Å². The van der Waals surface area contributed by atoms with Crippen LogP contribution in [0.1, 0.15) is 25.0 Å². The predicted octanol–water partition coefficient (Wildman–Crippen LogP) is 3.41. The third-order valence-corrected chi connectivity index (χ3v) is 2.43. The Labute approximate surface area is 110 Å². The lowest BCUT2D eigenvalue weighted by Crippen LogP contribution is -2.22. The second-order valence-corrected chi connectivity index (χ2v) is 4.07. The van der Waals surface area contributed by atoms with E-state index in [-0.39, 0.29) is 11.6 Å². The molecule has 0 spiro atoms. The Morgan fingerprint density at radius 1 is 1.42 bits per heavy atom. The quantitative estimate of drug-likeness (QED) is 0.893. The molecule has 1 aromatic rings. The SMILES string of the molecule is CCOCC(C)Nc1ccc(C(F)(F)F)c(C#N)c1. The molecule has 1 aromatic carbocycles. The summed E-state index contributed by atoms with van der Waals surface area (Å²) >= 11 is 0. The van der Waals surface area contributed by atoms with Gasteiger partial charge >= 0.3 is 6.18 Å². The number of hydrogen-bond acceptors (Lipinski definition) is 3. The molecule has 0 fully saturated rings. The van der Waals surface area contributed by atoms with Crippen molar-refractivity contribution in [1.82, 2.24) is 0 Å². The van der Waals surface area contributed by atoms with Gasteiger partial charge in [0.2, 0.25) is 0 Å². The first-order valence-electron chi connectivity index (χ1n) is 5.84. The maximum absolute atomic E-state index is 12.6. The predicted molar refractivity (Wildman–Crippen MR) is 65.7 cm³/mol. The molecule has 0 aliphatic heterocycles. The van der Waals surface area contributed by atoms with Gasteiger partial charge in [0.25, 0.3) is 0 Å². The Balaban J connectivity index is 2.87. The van der Waals surface area contributed by atoms with E-state index in [0.717, 1.165) is 6.07 Å². The summed E-state index contributed by atoms with van der Waals surface area (Å²) in [6.45, 7) is 4.72. The van der Waals surface area contributed by atoms with Gasteiger partial charge in [-0.25, -0.2) is 0 Å². The lowest BCUT2D eigenvalue weighted by atomic mass is 10.1. The van der Waals surface area contributed by atoms with Crippen molar-refractivity contribution < 1.29 is 17.9 Å². The molecular weight excluding hydrogens is 257 g/mol. The summed E-state index contributed by atoms with van der Waals surface area (Å²) in [5.41, 5.74) is -0.837. The van der Waals surface area contributed by atoms with Gasteiger partial charge in [0.15, 0.2) is 0 Å². The molecule has 1 atom stereocenters. The Hall–Kier alpha value is -1.74. The molecule has 0 aromatic heterocycles. The van der Waals surface area contributed by atoms with Gasteiger partial charge in [-0.1, -0.05) is 0 Å². The molecule has 104 valence electrons. The highest BCUT2D eigenvalue weighted by Crippen LogP contribution is 2.33. The van der Waals surface area contributed by atoms with E-state index in [9.17, 15) is 13.2 Å². The van der Waals surface area contributed by atoms with Gasteiger partial charge in [-0.3, -0.25) is 0 Å². The van der Waals surface area contributed by atoms with Crippen molar-refractivity contribution in [1.29, 1.82) is 5.26 Å². The van der Waals surface area contributed by atoms with Crippen LogP contribution >= 0.6 is 0 Å². The number of anilines is 1. The Kier molecular flexibility index (Phi) is 5.19. The fourth-order valence-corrected chi connectivity index (χ4v) is 1.59. The molecule has 0 bridgehead atoms. The first kappa shape index (κ1) is 15.3. The van der Waals surface area contributed by atoms with Crippen LogP contribution in [0.4, 0.5) is 18.9 Å². The number of hydrogen-bond donors (Lipinski definition) is 1. The van der Waals surface area contributed by atoms with E-state index in [1.807, 2.05) is 13.8 Å². The molecule has 1 unspecified atom stereocenters. The van der Waals surface area contributed by atoms with E-state index in [2.05, 4.69) is 5.32 Å². The molecule has 1 N–H and O–H groups in total. The average Bonchev–Trinajstić information content (AvgIpc) is 2.34. The smallest absolute Gasteiger partial charge is 0.380 e. The van der Waals surface area contributed by atoms with Crippen molar-refractivity contribution in [2.75, 3.05) is 18.5 Å². The molecule has 3 nitrogen and oxygen atoms in total. The van der Waals surface area contributed by atoms with Crippen LogP contribution < -0.4 is 5.32 Å². The highest BCUT2D eigenvalue weighted by atomic mass is 19.4. The van der Waals surface area contributed by atoms with Crippen molar-refractivity contribution in [2.45, 2.75) is 26.1 Å². The van der Waals surface area contributed by atoms with Crippen LogP contribution in [0, 0.1) is 11.3 Å². The zero-order valence-corrected chi connectivity index (χ0v) is 10.7. The standard InChI is InChI=1S/C13H15F3N2O/c1-3-19-8-9(2)18-11-4-5-12(13(14,15)16)10(6-11)7-17/h4-6,9,18H,3,8H2,1-2H3. The molecule has 0 amide bonds. The minimum atomic E-state index is -4.51. The highest BCUT2D eigenvalue weighted by Gasteiger charge is 2.33. The summed E-state index contributed by atoms with van der Waals surface area (Å²) in [5.74, 6) is 0.